The van der Waals surface area contributed by atoms with Crippen LogP contribution in [0, 0.1) is 17.0 Å². The standard InChI is InChI=1S/C21H26N4O6S/c1-4-5-12-22-21(27)17-8-6-7-9-18(17)23-20(26)14-24(32(3,30)31)19-13-16(25(28)29)11-10-15(19)2/h6-11,13H,4-5,12,14H2,1-3H3,(H,22,27)(H,23,26). The van der Waals surface area contributed by atoms with Gasteiger partial charge in [0.2, 0.25) is 15.9 Å². The van der Waals surface area contributed by atoms with Crippen molar-refractivity contribution in [3.63, 3.8) is 0 Å². The number of para-hydroxylation sites is 1. The summed E-state index contributed by atoms with van der Waals surface area (Å²) in [4.78, 5) is 35.6. The third kappa shape index (κ3) is 6.51. The summed E-state index contributed by atoms with van der Waals surface area (Å²) in [5, 5.41) is 16.5. The van der Waals surface area contributed by atoms with E-state index in [1.165, 1.54) is 18.2 Å². The molecule has 2 N–H and O–H groups in total. The Labute approximate surface area is 186 Å². The number of nitro groups is 1. The first-order valence-electron chi connectivity index (χ1n) is 9.94. The number of carbonyl (C=O) groups is 2. The summed E-state index contributed by atoms with van der Waals surface area (Å²) >= 11 is 0. The first-order valence-corrected chi connectivity index (χ1v) is 11.8. The van der Waals surface area contributed by atoms with Crippen molar-refractivity contribution < 1.29 is 22.9 Å². The zero-order valence-corrected chi connectivity index (χ0v) is 18.9. The smallest absolute Gasteiger partial charge is 0.271 e. The van der Waals surface area contributed by atoms with E-state index in [1.54, 1.807) is 25.1 Å². The van der Waals surface area contributed by atoms with Crippen molar-refractivity contribution in [3.05, 3.63) is 63.7 Å². The number of hydrogen-bond acceptors (Lipinski definition) is 6. The van der Waals surface area contributed by atoms with Crippen LogP contribution in [0.15, 0.2) is 42.5 Å². The molecule has 0 saturated heterocycles. The van der Waals surface area contributed by atoms with Gasteiger partial charge in [0.25, 0.3) is 11.6 Å². The maximum Gasteiger partial charge on any atom is 0.271 e. The van der Waals surface area contributed by atoms with Gasteiger partial charge in [-0.05, 0) is 31.0 Å². The second-order valence-corrected chi connectivity index (χ2v) is 9.11. The average molecular weight is 463 g/mol. The minimum Gasteiger partial charge on any atom is -0.352 e. The fourth-order valence-corrected chi connectivity index (χ4v) is 3.85. The third-order valence-electron chi connectivity index (χ3n) is 4.62. The van der Waals surface area contributed by atoms with Crippen molar-refractivity contribution in [1.29, 1.82) is 0 Å². The number of amides is 2. The Morgan fingerprint density at radius 3 is 2.47 bits per heavy atom. The van der Waals surface area contributed by atoms with Gasteiger partial charge in [-0.1, -0.05) is 31.5 Å². The van der Waals surface area contributed by atoms with Crippen molar-refractivity contribution in [2.45, 2.75) is 26.7 Å². The highest BCUT2D eigenvalue weighted by Crippen LogP contribution is 2.27. The lowest BCUT2D eigenvalue weighted by Gasteiger charge is -2.23. The summed E-state index contributed by atoms with van der Waals surface area (Å²) in [5.74, 6) is -1.06. The molecule has 0 heterocycles. The number of hydrogen-bond donors (Lipinski definition) is 2. The van der Waals surface area contributed by atoms with Gasteiger partial charge < -0.3 is 10.6 Å². The van der Waals surface area contributed by atoms with Gasteiger partial charge >= 0.3 is 0 Å². The number of nitrogens with one attached hydrogen (secondary N) is 2. The summed E-state index contributed by atoms with van der Waals surface area (Å²) in [6.07, 6.45) is 2.64. The van der Waals surface area contributed by atoms with E-state index in [2.05, 4.69) is 10.6 Å². The van der Waals surface area contributed by atoms with Gasteiger partial charge in [0, 0.05) is 18.7 Å². The molecule has 0 aromatic heterocycles. The average Bonchev–Trinajstić information content (AvgIpc) is 2.72. The number of carbonyl (C=O) groups excluding carboxylic acids is 2. The van der Waals surface area contributed by atoms with Gasteiger partial charge in [-0.2, -0.15) is 0 Å². The molecule has 0 bridgehead atoms. The monoisotopic (exact) mass is 462 g/mol. The Balaban J connectivity index is 2.28. The van der Waals surface area contributed by atoms with Gasteiger partial charge in [0.1, 0.15) is 6.54 Å². The number of sulfonamides is 1. The van der Waals surface area contributed by atoms with E-state index in [0.29, 0.717) is 12.1 Å². The predicted octanol–water partition coefficient (Wildman–Crippen LogP) is 2.84. The van der Waals surface area contributed by atoms with Gasteiger partial charge in [-0.3, -0.25) is 24.0 Å². The highest BCUT2D eigenvalue weighted by molar-refractivity contribution is 7.92. The molecular weight excluding hydrogens is 436 g/mol. The SMILES string of the molecule is CCCCNC(=O)c1ccccc1NC(=O)CN(c1cc([N+](=O)[O-])ccc1C)S(C)(=O)=O. The highest BCUT2D eigenvalue weighted by Gasteiger charge is 2.25. The van der Waals surface area contributed by atoms with Crippen LogP contribution in [-0.4, -0.2) is 44.5 Å². The number of rotatable bonds is 10. The lowest BCUT2D eigenvalue weighted by atomic mass is 10.1. The molecule has 10 nitrogen and oxygen atoms in total. The first kappa shape index (κ1) is 24.8. The Morgan fingerprint density at radius 2 is 1.84 bits per heavy atom. The van der Waals surface area contributed by atoms with Crippen LogP contribution in [0.25, 0.3) is 0 Å². The molecule has 172 valence electrons. The number of non-ortho nitro benzene ring substituents is 1. The van der Waals surface area contributed by atoms with E-state index in [0.717, 1.165) is 29.5 Å². The molecule has 2 aromatic rings. The first-order chi connectivity index (χ1) is 15.0. The molecule has 11 heteroatoms. The van der Waals surface area contributed by atoms with E-state index in [4.69, 9.17) is 0 Å². The largest absolute Gasteiger partial charge is 0.352 e. The van der Waals surface area contributed by atoms with Crippen molar-refractivity contribution in [3.8, 4) is 0 Å². The van der Waals surface area contributed by atoms with E-state index in [-0.39, 0.29) is 28.5 Å². The van der Waals surface area contributed by atoms with Gasteiger partial charge in [0.05, 0.1) is 28.1 Å². The van der Waals surface area contributed by atoms with Crippen LogP contribution in [0.4, 0.5) is 17.1 Å². The van der Waals surface area contributed by atoms with Crippen molar-refractivity contribution >= 4 is 38.9 Å². The van der Waals surface area contributed by atoms with Crippen LogP contribution in [0.1, 0.15) is 35.7 Å². The Kier molecular flexibility index (Phi) is 8.30. The van der Waals surface area contributed by atoms with Crippen molar-refractivity contribution in [1.82, 2.24) is 5.32 Å². The van der Waals surface area contributed by atoms with Crippen LogP contribution in [0.5, 0.6) is 0 Å². The summed E-state index contributed by atoms with van der Waals surface area (Å²) in [5.41, 5.74) is 0.658. The summed E-state index contributed by atoms with van der Waals surface area (Å²) in [6, 6.07) is 10.2. The molecule has 2 rings (SSSR count). The molecule has 0 aliphatic rings. The molecule has 0 saturated carbocycles. The Morgan fingerprint density at radius 1 is 1.16 bits per heavy atom. The minimum atomic E-state index is -3.94. The van der Waals surface area contributed by atoms with Crippen LogP contribution < -0.4 is 14.9 Å². The van der Waals surface area contributed by atoms with Gasteiger partial charge in [-0.25, -0.2) is 8.42 Å². The quantitative estimate of drug-likeness (QED) is 0.316. The second-order valence-electron chi connectivity index (χ2n) is 7.20. The number of unbranched alkanes of at least 4 members (excludes halogenated alkanes) is 1. The number of anilines is 2. The minimum absolute atomic E-state index is 0.0300. The number of nitrogens with zero attached hydrogens (tertiary/aromatic N) is 2. The molecule has 32 heavy (non-hydrogen) atoms. The maximum atomic E-state index is 12.7. The predicted molar refractivity (Wildman–Crippen MR) is 122 cm³/mol. The fourth-order valence-electron chi connectivity index (χ4n) is 2.95. The molecule has 0 radical (unpaired) electrons. The molecule has 2 amide bonds. The summed E-state index contributed by atoms with van der Waals surface area (Å²) in [7, 11) is -3.94. The zero-order chi connectivity index (χ0) is 23.9. The van der Waals surface area contributed by atoms with E-state index in [1.807, 2.05) is 6.92 Å². The van der Waals surface area contributed by atoms with Gasteiger partial charge in [0.15, 0.2) is 0 Å². The van der Waals surface area contributed by atoms with Crippen molar-refractivity contribution in [2.75, 3.05) is 29.0 Å². The Hall–Kier alpha value is -3.47. The molecule has 0 fully saturated rings. The van der Waals surface area contributed by atoms with Crippen LogP contribution in [0.2, 0.25) is 0 Å². The second kappa shape index (κ2) is 10.7. The van der Waals surface area contributed by atoms with Crippen LogP contribution in [-0.2, 0) is 14.8 Å². The van der Waals surface area contributed by atoms with Gasteiger partial charge in [-0.15, -0.1) is 0 Å². The summed E-state index contributed by atoms with van der Waals surface area (Å²) < 4.78 is 25.6. The van der Waals surface area contributed by atoms with E-state index >= 15 is 0 Å². The third-order valence-corrected chi connectivity index (χ3v) is 5.75. The topological polar surface area (TPSA) is 139 Å². The fraction of sp³-hybridized carbons (Fsp3) is 0.333. The molecule has 0 spiro atoms. The normalized spacial score (nSPS) is 11.0. The Bertz CT molecular complexity index is 1120. The molecule has 0 atom stereocenters. The molecular formula is C21H26N4O6S. The van der Waals surface area contributed by atoms with E-state index < -0.39 is 27.4 Å². The molecule has 2 aromatic carbocycles. The van der Waals surface area contributed by atoms with Crippen LogP contribution >= 0.6 is 0 Å². The summed E-state index contributed by atoms with van der Waals surface area (Å²) in [6.45, 7) is 3.46. The number of nitro benzene ring substituents is 1. The van der Waals surface area contributed by atoms with Crippen molar-refractivity contribution in [2.24, 2.45) is 0 Å². The molecule has 0 aliphatic carbocycles. The highest BCUT2D eigenvalue weighted by atomic mass is 32.2. The van der Waals surface area contributed by atoms with Crippen LogP contribution in [0.3, 0.4) is 0 Å². The zero-order valence-electron chi connectivity index (χ0n) is 18.1. The lowest BCUT2D eigenvalue weighted by molar-refractivity contribution is -0.384. The molecule has 0 aliphatic heterocycles. The van der Waals surface area contributed by atoms with E-state index in [9.17, 15) is 28.1 Å². The maximum absolute atomic E-state index is 12.7. The number of benzene rings is 2. The number of aryl methyl sites for hydroxylation is 1. The molecule has 0 unspecified atom stereocenters. The lowest BCUT2D eigenvalue weighted by Crippen LogP contribution is -2.38.